The van der Waals surface area contributed by atoms with E-state index in [4.69, 9.17) is 4.74 Å². The highest BCUT2D eigenvalue weighted by Crippen LogP contribution is 2.04. The van der Waals surface area contributed by atoms with Crippen molar-refractivity contribution in [1.29, 1.82) is 0 Å². The molecule has 1 saturated heterocycles. The van der Waals surface area contributed by atoms with Crippen LogP contribution in [0.25, 0.3) is 0 Å². The minimum absolute atomic E-state index is 0.157. The Morgan fingerprint density at radius 2 is 2.45 bits per heavy atom. The number of hydrogen-bond donors (Lipinski definition) is 2. The molecule has 1 aliphatic rings. The topological polar surface area (TPSA) is 58.6 Å². The van der Waals surface area contributed by atoms with E-state index in [1.807, 2.05) is 6.92 Å². The van der Waals surface area contributed by atoms with E-state index in [0.29, 0.717) is 19.0 Å². The quantitative estimate of drug-likeness (QED) is 0.585. The average molecular weight is 179 g/mol. The van der Waals surface area contributed by atoms with Crippen LogP contribution in [0.2, 0.25) is 0 Å². The van der Waals surface area contributed by atoms with Gasteiger partial charge in [-0.2, -0.15) is 0 Å². The first-order chi connectivity index (χ1) is 5.24. The van der Waals surface area contributed by atoms with Crippen molar-refractivity contribution in [3.05, 3.63) is 0 Å². The lowest BCUT2D eigenvalue weighted by atomic mass is 10.2. The van der Waals surface area contributed by atoms with Crippen LogP contribution in [-0.4, -0.2) is 40.4 Å². The van der Waals surface area contributed by atoms with Gasteiger partial charge in [-0.05, 0) is 0 Å². The Balaban J connectivity index is 2.30. The summed E-state index contributed by atoms with van der Waals surface area (Å²) in [5.74, 6) is 0.559. The third-order valence-electron chi connectivity index (χ3n) is 1.60. The maximum absolute atomic E-state index is 10.9. The molecule has 3 atom stereocenters. The maximum Gasteiger partial charge on any atom is 0.0958 e. The van der Waals surface area contributed by atoms with E-state index in [1.165, 1.54) is 0 Å². The molecule has 4 nitrogen and oxygen atoms in total. The van der Waals surface area contributed by atoms with Crippen molar-refractivity contribution >= 4 is 11.0 Å². The summed E-state index contributed by atoms with van der Waals surface area (Å²) in [6.45, 7) is 2.62. The molecule has 66 valence electrons. The third-order valence-corrected chi connectivity index (χ3v) is 2.69. The zero-order valence-electron chi connectivity index (χ0n) is 6.45. The molecule has 0 spiro atoms. The van der Waals surface area contributed by atoms with Crippen LogP contribution >= 0.6 is 0 Å². The Morgan fingerprint density at radius 1 is 1.73 bits per heavy atom. The maximum atomic E-state index is 10.9. The van der Waals surface area contributed by atoms with Crippen molar-refractivity contribution < 1.29 is 14.1 Å². The predicted molar refractivity (Wildman–Crippen MR) is 42.4 cm³/mol. The van der Waals surface area contributed by atoms with E-state index in [-0.39, 0.29) is 6.04 Å². The van der Waals surface area contributed by atoms with E-state index in [0.717, 1.165) is 0 Å². The minimum atomic E-state index is -1.03. The van der Waals surface area contributed by atoms with Gasteiger partial charge in [-0.1, -0.05) is 6.92 Å². The first kappa shape index (κ1) is 9.12. The SMILES string of the molecule is CCS(=O)NC1COCC1O. The van der Waals surface area contributed by atoms with Crippen molar-refractivity contribution in [3.63, 3.8) is 0 Å². The lowest BCUT2D eigenvalue weighted by Gasteiger charge is -2.12. The molecule has 0 radical (unpaired) electrons. The molecular formula is C6H13NO3S. The number of aliphatic hydroxyl groups is 1. The van der Waals surface area contributed by atoms with Gasteiger partial charge in [0.1, 0.15) is 0 Å². The monoisotopic (exact) mass is 179 g/mol. The summed E-state index contributed by atoms with van der Waals surface area (Å²) in [5, 5.41) is 9.21. The largest absolute Gasteiger partial charge is 0.389 e. The van der Waals surface area contributed by atoms with Gasteiger partial charge >= 0.3 is 0 Å². The number of aliphatic hydroxyl groups excluding tert-OH is 1. The minimum Gasteiger partial charge on any atom is -0.389 e. The number of nitrogens with one attached hydrogen (secondary N) is 1. The molecule has 3 unspecified atom stereocenters. The molecule has 1 fully saturated rings. The zero-order valence-corrected chi connectivity index (χ0v) is 7.26. The summed E-state index contributed by atoms with van der Waals surface area (Å²) in [6.07, 6.45) is -0.509. The molecule has 1 rings (SSSR count). The smallest absolute Gasteiger partial charge is 0.0958 e. The van der Waals surface area contributed by atoms with E-state index in [2.05, 4.69) is 4.72 Å². The highest BCUT2D eigenvalue weighted by molar-refractivity contribution is 7.83. The van der Waals surface area contributed by atoms with Gasteiger partial charge in [0, 0.05) is 5.75 Å². The normalized spacial score (nSPS) is 34.0. The number of hydrogen-bond acceptors (Lipinski definition) is 3. The average Bonchev–Trinajstić information content (AvgIpc) is 2.37. The van der Waals surface area contributed by atoms with E-state index < -0.39 is 17.1 Å². The first-order valence-corrected chi connectivity index (χ1v) is 4.96. The van der Waals surface area contributed by atoms with Crippen LogP contribution in [-0.2, 0) is 15.7 Å². The molecule has 0 aromatic rings. The van der Waals surface area contributed by atoms with Crippen LogP contribution in [0.4, 0.5) is 0 Å². The lowest BCUT2D eigenvalue weighted by Crippen LogP contribution is -2.40. The van der Waals surface area contributed by atoms with Crippen LogP contribution in [0.15, 0.2) is 0 Å². The van der Waals surface area contributed by atoms with E-state index in [1.54, 1.807) is 0 Å². The van der Waals surface area contributed by atoms with Gasteiger partial charge in [-0.3, -0.25) is 0 Å². The van der Waals surface area contributed by atoms with Crippen LogP contribution in [0.3, 0.4) is 0 Å². The molecule has 0 aromatic carbocycles. The second-order valence-corrected chi connectivity index (χ2v) is 3.97. The lowest BCUT2D eigenvalue weighted by molar-refractivity contribution is 0.124. The summed E-state index contributed by atoms with van der Waals surface area (Å²) in [4.78, 5) is 0. The molecule has 5 heteroatoms. The van der Waals surface area contributed by atoms with Crippen molar-refractivity contribution in [1.82, 2.24) is 4.72 Å². The predicted octanol–water partition coefficient (Wildman–Crippen LogP) is -0.981. The summed E-state index contributed by atoms with van der Waals surface area (Å²) in [7, 11) is -1.03. The molecule has 1 heterocycles. The molecule has 0 amide bonds. The molecule has 2 N–H and O–H groups in total. The Labute approximate surface area is 68.5 Å². The highest BCUT2D eigenvalue weighted by Gasteiger charge is 2.26. The Kier molecular flexibility index (Phi) is 3.45. The van der Waals surface area contributed by atoms with Gasteiger partial charge in [0.15, 0.2) is 0 Å². The Morgan fingerprint density at radius 3 is 2.91 bits per heavy atom. The van der Waals surface area contributed by atoms with Crippen LogP contribution in [0.1, 0.15) is 6.92 Å². The molecule has 0 saturated carbocycles. The molecule has 11 heavy (non-hydrogen) atoms. The zero-order chi connectivity index (χ0) is 8.27. The van der Waals surface area contributed by atoms with E-state index in [9.17, 15) is 9.32 Å². The number of rotatable bonds is 3. The van der Waals surface area contributed by atoms with Gasteiger partial charge in [0.25, 0.3) is 0 Å². The van der Waals surface area contributed by atoms with Crippen LogP contribution in [0, 0.1) is 0 Å². The third kappa shape index (κ3) is 2.52. The van der Waals surface area contributed by atoms with Crippen molar-refractivity contribution in [2.75, 3.05) is 19.0 Å². The van der Waals surface area contributed by atoms with Gasteiger partial charge in [-0.25, -0.2) is 8.93 Å². The summed E-state index contributed by atoms with van der Waals surface area (Å²) < 4.78 is 18.7. The first-order valence-electron chi connectivity index (χ1n) is 3.64. The molecular weight excluding hydrogens is 166 g/mol. The van der Waals surface area contributed by atoms with Crippen molar-refractivity contribution in [2.45, 2.75) is 19.1 Å². The molecule has 0 aromatic heterocycles. The summed E-state index contributed by atoms with van der Waals surface area (Å²) in [6, 6.07) is -0.157. The fraction of sp³-hybridized carbons (Fsp3) is 1.00. The Hall–Kier alpha value is 0.0300. The van der Waals surface area contributed by atoms with Gasteiger partial charge in [-0.15, -0.1) is 0 Å². The molecule has 0 bridgehead atoms. The molecule has 1 aliphatic heterocycles. The van der Waals surface area contributed by atoms with Gasteiger partial charge in [0.05, 0.1) is 36.3 Å². The fourth-order valence-electron chi connectivity index (χ4n) is 0.908. The second kappa shape index (κ2) is 4.15. The second-order valence-electron chi connectivity index (χ2n) is 2.46. The number of ether oxygens (including phenoxy) is 1. The van der Waals surface area contributed by atoms with E-state index >= 15 is 0 Å². The van der Waals surface area contributed by atoms with Crippen molar-refractivity contribution in [2.24, 2.45) is 0 Å². The molecule has 0 aliphatic carbocycles. The van der Waals surface area contributed by atoms with Crippen LogP contribution in [0.5, 0.6) is 0 Å². The fourth-order valence-corrected chi connectivity index (χ4v) is 1.64. The Bertz CT molecular complexity index is 153. The standard InChI is InChI=1S/C6H13NO3S/c1-2-11(9)7-5-3-10-4-6(5)8/h5-8H,2-4H2,1H3. The van der Waals surface area contributed by atoms with Crippen LogP contribution < -0.4 is 4.72 Å². The van der Waals surface area contributed by atoms with Gasteiger partial charge < -0.3 is 9.84 Å². The summed E-state index contributed by atoms with van der Waals surface area (Å²) >= 11 is 0. The highest BCUT2D eigenvalue weighted by atomic mass is 32.2. The van der Waals surface area contributed by atoms with Gasteiger partial charge in [0.2, 0.25) is 0 Å². The van der Waals surface area contributed by atoms with Crippen molar-refractivity contribution in [3.8, 4) is 0 Å². The summed E-state index contributed by atoms with van der Waals surface area (Å²) in [5.41, 5.74) is 0.